The summed E-state index contributed by atoms with van der Waals surface area (Å²) in [4.78, 5) is 16.2. The van der Waals surface area contributed by atoms with Gasteiger partial charge in [0, 0.05) is 11.1 Å². The van der Waals surface area contributed by atoms with Gasteiger partial charge in [-0.2, -0.15) is 4.98 Å². The van der Waals surface area contributed by atoms with E-state index in [4.69, 9.17) is 4.52 Å². The van der Waals surface area contributed by atoms with Gasteiger partial charge in [-0.1, -0.05) is 41.1 Å². The van der Waals surface area contributed by atoms with Crippen LogP contribution in [0.5, 0.6) is 0 Å². The molecule has 0 unspecified atom stereocenters. The van der Waals surface area contributed by atoms with E-state index < -0.39 is 0 Å². The minimum atomic E-state index is -0.165. The lowest BCUT2D eigenvalue weighted by Gasteiger charge is -2.01. The summed E-state index contributed by atoms with van der Waals surface area (Å²) in [6.45, 7) is 2.24. The number of aromatic nitrogens is 2. The minimum Gasteiger partial charge on any atom is -0.345 e. The zero-order valence-corrected chi connectivity index (χ0v) is 12.1. The molecule has 110 valence electrons. The average Bonchev–Trinajstić information content (AvgIpc) is 3.03. The van der Waals surface area contributed by atoms with Crippen LogP contribution in [0, 0.1) is 6.92 Å². The fraction of sp³-hybridized carbons (Fsp3) is 0.118. The summed E-state index contributed by atoms with van der Waals surface area (Å²) in [5.41, 5.74) is 2.63. The first-order valence-corrected chi connectivity index (χ1v) is 6.95. The zero-order chi connectivity index (χ0) is 15.4. The lowest BCUT2D eigenvalue weighted by molar-refractivity contribution is 0.0949. The van der Waals surface area contributed by atoms with E-state index >= 15 is 0 Å². The molecule has 2 aromatic carbocycles. The Morgan fingerprint density at radius 3 is 2.55 bits per heavy atom. The Hall–Kier alpha value is -2.95. The molecule has 0 fully saturated rings. The summed E-state index contributed by atoms with van der Waals surface area (Å²) in [7, 11) is 0. The number of nitrogens with zero attached hydrogens (tertiary/aromatic N) is 2. The molecule has 0 radical (unpaired) electrons. The van der Waals surface area contributed by atoms with E-state index in [1.807, 2.05) is 49.4 Å². The predicted molar refractivity (Wildman–Crippen MR) is 82.1 cm³/mol. The van der Waals surface area contributed by atoms with E-state index in [1.54, 1.807) is 12.1 Å². The summed E-state index contributed by atoms with van der Waals surface area (Å²) in [5.74, 6) is 0.728. The van der Waals surface area contributed by atoms with Crippen LogP contribution in [-0.2, 0) is 6.54 Å². The van der Waals surface area contributed by atoms with Gasteiger partial charge in [-0.15, -0.1) is 0 Å². The van der Waals surface area contributed by atoms with Crippen molar-refractivity contribution in [3.8, 4) is 11.5 Å². The third-order valence-corrected chi connectivity index (χ3v) is 3.21. The number of hydrogen-bond donors (Lipinski definition) is 1. The van der Waals surface area contributed by atoms with Crippen molar-refractivity contribution in [1.82, 2.24) is 15.5 Å². The number of carbonyl (C=O) groups excluding carboxylic acids is 1. The predicted octanol–water partition coefficient (Wildman–Crippen LogP) is 2.98. The van der Waals surface area contributed by atoms with Crippen LogP contribution < -0.4 is 5.32 Å². The number of hydrogen-bond acceptors (Lipinski definition) is 4. The summed E-state index contributed by atoms with van der Waals surface area (Å²) in [6.07, 6.45) is 0. The van der Waals surface area contributed by atoms with Crippen LogP contribution in [-0.4, -0.2) is 16.0 Å². The minimum absolute atomic E-state index is 0.165. The van der Waals surface area contributed by atoms with E-state index in [9.17, 15) is 4.79 Å². The molecular weight excluding hydrogens is 278 g/mol. The van der Waals surface area contributed by atoms with Gasteiger partial charge in [0.15, 0.2) is 5.82 Å². The summed E-state index contributed by atoms with van der Waals surface area (Å²) < 4.78 is 5.22. The van der Waals surface area contributed by atoms with Crippen molar-refractivity contribution >= 4 is 5.91 Å². The van der Waals surface area contributed by atoms with Crippen LogP contribution in [0.4, 0.5) is 0 Å². The maximum atomic E-state index is 11.9. The number of nitrogens with one attached hydrogen (secondary N) is 1. The molecule has 5 heteroatoms. The molecule has 0 aliphatic heterocycles. The number of rotatable bonds is 4. The molecule has 22 heavy (non-hydrogen) atoms. The van der Waals surface area contributed by atoms with Crippen LogP contribution in [0.2, 0.25) is 0 Å². The summed E-state index contributed by atoms with van der Waals surface area (Å²) >= 11 is 0. The average molecular weight is 293 g/mol. The van der Waals surface area contributed by atoms with Crippen molar-refractivity contribution in [2.45, 2.75) is 13.5 Å². The molecule has 3 rings (SSSR count). The first kappa shape index (κ1) is 14.0. The molecule has 0 bridgehead atoms. The lowest BCUT2D eigenvalue weighted by atomic mass is 10.1. The second kappa shape index (κ2) is 6.22. The third kappa shape index (κ3) is 3.20. The van der Waals surface area contributed by atoms with Crippen LogP contribution in [0.25, 0.3) is 11.5 Å². The topological polar surface area (TPSA) is 68.0 Å². The maximum Gasteiger partial charge on any atom is 0.257 e. The van der Waals surface area contributed by atoms with Crippen LogP contribution in [0.3, 0.4) is 0 Å². The van der Waals surface area contributed by atoms with Crippen molar-refractivity contribution in [1.29, 1.82) is 0 Å². The molecule has 3 aromatic rings. The van der Waals surface area contributed by atoms with Gasteiger partial charge in [0.1, 0.15) is 0 Å². The van der Waals surface area contributed by atoms with E-state index in [0.29, 0.717) is 17.3 Å². The number of amides is 1. The molecule has 0 saturated carbocycles. The number of carbonyl (C=O) groups is 1. The molecule has 0 spiro atoms. The molecule has 0 aliphatic rings. The van der Waals surface area contributed by atoms with Crippen molar-refractivity contribution in [2.24, 2.45) is 0 Å². The highest BCUT2D eigenvalue weighted by Crippen LogP contribution is 2.17. The first-order chi connectivity index (χ1) is 10.7. The standard InChI is InChI=1S/C17H15N3O2/c1-12-7-9-14(10-8-12)17-19-15(20-22-17)11-18-16(21)13-5-3-2-4-6-13/h2-10H,11H2,1H3,(H,18,21). The van der Waals surface area contributed by atoms with Gasteiger partial charge in [-0.25, -0.2) is 0 Å². The van der Waals surface area contributed by atoms with E-state index in [2.05, 4.69) is 15.5 Å². The highest BCUT2D eigenvalue weighted by molar-refractivity contribution is 5.93. The second-order valence-electron chi connectivity index (χ2n) is 4.93. The van der Waals surface area contributed by atoms with Gasteiger partial charge in [-0.05, 0) is 31.2 Å². The van der Waals surface area contributed by atoms with Crippen LogP contribution in [0.15, 0.2) is 59.1 Å². The van der Waals surface area contributed by atoms with E-state index in [0.717, 1.165) is 5.56 Å². The van der Waals surface area contributed by atoms with Crippen molar-refractivity contribution in [3.63, 3.8) is 0 Å². The van der Waals surface area contributed by atoms with Crippen molar-refractivity contribution < 1.29 is 9.32 Å². The van der Waals surface area contributed by atoms with E-state index in [-0.39, 0.29) is 12.5 Å². The Labute approximate surface area is 128 Å². The number of benzene rings is 2. The maximum absolute atomic E-state index is 11.9. The Balaban J connectivity index is 1.65. The van der Waals surface area contributed by atoms with Crippen LogP contribution >= 0.6 is 0 Å². The molecule has 0 atom stereocenters. The van der Waals surface area contributed by atoms with E-state index in [1.165, 1.54) is 5.56 Å². The monoisotopic (exact) mass is 293 g/mol. The highest BCUT2D eigenvalue weighted by Gasteiger charge is 2.10. The Kier molecular flexibility index (Phi) is 3.96. The Bertz CT molecular complexity index is 764. The fourth-order valence-electron chi connectivity index (χ4n) is 1.99. The third-order valence-electron chi connectivity index (χ3n) is 3.21. The molecular formula is C17H15N3O2. The SMILES string of the molecule is Cc1ccc(-c2nc(CNC(=O)c3ccccc3)no2)cc1. The summed E-state index contributed by atoms with van der Waals surface area (Å²) in [6, 6.07) is 16.8. The molecule has 1 heterocycles. The Morgan fingerprint density at radius 2 is 1.82 bits per heavy atom. The van der Waals surface area contributed by atoms with Gasteiger partial charge < -0.3 is 9.84 Å². The summed E-state index contributed by atoms with van der Waals surface area (Å²) in [5, 5.41) is 6.65. The van der Waals surface area contributed by atoms with Crippen LogP contribution in [0.1, 0.15) is 21.7 Å². The lowest BCUT2D eigenvalue weighted by Crippen LogP contribution is -2.23. The fourth-order valence-corrected chi connectivity index (χ4v) is 1.99. The quantitative estimate of drug-likeness (QED) is 0.803. The highest BCUT2D eigenvalue weighted by atomic mass is 16.5. The van der Waals surface area contributed by atoms with Gasteiger partial charge >= 0.3 is 0 Å². The zero-order valence-electron chi connectivity index (χ0n) is 12.1. The molecule has 5 nitrogen and oxygen atoms in total. The molecule has 0 saturated heterocycles. The van der Waals surface area contributed by atoms with Gasteiger partial charge in [-0.3, -0.25) is 4.79 Å². The largest absolute Gasteiger partial charge is 0.345 e. The van der Waals surface area contributed by atoms with Gasteiger partial charge in [0.25, 0.3) is 11.8 Å². The molecule has 0 aliphatic carbocycles. The van der Waals surface area contributed by atoms with Crippen molar-refractivity contribution in [2.75, 3.05) is 0 Å². The number of aryl methyl sites for hydroxylation is 1. The normalized spacial score (nSPS) is 10.4. The molecule has 1 amide bonds. The van der Waals surface area contributed by atoms with Gasteiger partial charge in [0.05, 0.1) is 6.54 Å². The second-order valence-corrected chi connectivity index (χ2v) is 4.93. The molecule has 1 N–H and O–H groups in total. The smallest absolute Gasteiger partial charge is 0.257 e. The first-order valence-electron chi connectivity index (χ1n) is 6.95. The van der Waals surface area contributed by atoms with Gasteiger partial charge in [0.2, 0.25) is 0 Å². The van der Waals surface area contributed by atoms with Crippen molar-refractivity contribution in [3.05, 3.63) is 71.5 Å². The Morgan fingerprint density at radius 1 is 1.09 bits per heavy atom. The molecule has 1 aromatic heterocycles.